The Morgan fingerprint density at radius 1 is 0.837 bits per heavy atom. The topological polar surface area (TPSA) is 174 Å². The number of allylic oxidation sites excluding steroid dienone is 1. The van der Waals surface area contributed by atoms with Crippen molar-refractivity contribution in [1.82, 2.24) is 10.6 Å². The molecule has 6 atom stereocenters. The molecule has 0 aliphatic carbocycles. The van der Waals surface area contributed by atoms with E-state index in [1.54, 1.807) is 38.1 Å². The Balaban J connectivity index is 1.94. The smallest absolute Gasteiger partial charge is 0.338 e. The average Bonchev–Trinajstić information content (AvgIpc) is 2.90. The molecule has 2 heterocycles. The van der Waals surface area contributed by atoms with E-state index in [1.807, 2.05) is 0 Å². The number of benzene rings is 1. The third-order valence-electron chi connectivity index (χ3n) is 6.18. The van der Waals surface area contributed by atoms with Crippen LogP contribution in [0.5, 0.6) is 5.75 Å². The lowest BCUT2D eigenvalue weighted by atomic mass is 9.95. The van der Waals surface area contributed by atoms with Gasteiger partial charge in [-0.1, -0.05) is 12.1 Å². The fourth-order valence-electron chi connectivity index (χ4n) is 4.58. The summed E-state index contributed by atoms with van der Waals surface area (Å²) in [5.41, 5.74) is 1.55. The van der Waals surface area contributed by atoms with E-state index in [1.165, 1.54) is 6.92 Å². The van der Waals surface area contributed by atoms with E-state index in [2.05, 4.69) is 10.6 Å². The quantitative estimate of drug-likeness (QED) is 0.218. The highest BCUT2D eigenvalue weighted by Crippen LogP contribution is 2.33. The molecule has 0 radical (unpaired) electrons. The molecule has 2 aliphatic rings. The van der Waals surface area contributed by atoms with Crippen molar-refractivity contribution >= 4 is 47.2 Å². The van der Waals surface area contributed by atoms with Crippen molar-refractivity contribution in [2.24, 2.45) is 0 Å². The first kappa shape index (κ1) is 33.3. The first-order valence-corrected chi connectivity index (χ1v) is 13.7. The Hall–Kier alpha value is -4.24. The van der Waals surface area contributed by atoms with Crippen LogP contribution in [0, 0.1) is 0 Å². The Morgan fingerprint density at radius 2 is 1.42 bits per heavy atom. The predicted octanol–water partition coefficient (Wildman–Crippen LogP) is 1.50. The fourth-order valence-corrected chi connectivity index (χ4v) is 4.85. The number of carbonyl (C=O) groups excluding carboxylic acids is 5. The van der Waals surface area contributed by atoms with Gasteiger partial charge in [0, 0.05) is 33.4 Å². The summed E-state index contributed by atoms with van der Waals surface area (Å²) < 4.78 is 38.5. The van der Waals surface area contributed by atoms with Crippen LogP contribution in [0.25, 0.3) is 0 Å². The SMILES string of the molecule is CCOC(=O)C1=C(C)NC(=S)NC1c1ccc(O[C@@H]2O[C@H](COC(C)=O)[C@@H](OC(C)=O)[C@@H](OC(C)=O)[C@H]2OC(C)=O)cc1. The molecule has 1 fully saturated rings. The third kappa shape index (κ3) is 8.88. The van der Waals surface area contributed by atoms with Gasteiger partial charge in [-0.15, -0.1) is 0 Å². The minimum atomic E-state index is -1.40. The van der Waals surface area contributed by atoms with Crippen molar-refractivity contribution < 1.29 is 57.1 Å². The van der Waals surface area contributed by atoms with Gasteiger partial charge >= 0.3 is 29.8 Å². The highest BCUT2D eigenvalue weighted by Gasteiger charge is 2.53. The van der Waals surface area contributed by atoms with Gasteiger partial charge in [0.05, 0.1) is 18.2 Å². The molecule has 2 N–H and O–H groups in total. The number of esters is 5. The molecule has 14 nitrogen and oxygen atoms in total. The van der Waals surface area contributed by atoms with Crippen molar-refractivity contribution in [3.05, 3.63) is 41.1 Å². The molecular formula is C28H34N2O12S. The number of carbonyl (C=O) groups is 5. The molecule has 2 aliphatic heterocycles. The number of hydrogen-bond donors (Lipinski definition) is 2. The Morgan fingerprint density at radius 3 is 1.98 bits per heavy atom. The van der Waals surface area contributed by atoms with Crippen LogP contribution in [0.15, 0.2) is 35.5 Å². The first-order valence-electron chi connectivity index (χ1n) is 13.3. The lowest BCUT2D eigenvalue weighted by Crippen LogP contribution is -2.63. The zero-order valence-corrected chi connectivity index (χ0v) is 25.3. The molecule has 15 heteroatoms. The molecule has 1 saturated heterocycles. The maximum atomic E-state index is 12.7. The molecule has 0 bridgehead atoms. The maximum Gasteiger partial charge on any atom is 0.338 e. The fraction of sp³-hybridized carbons (Fsp3) is 0.500. The number of rotatable bonds is 10. The lowest BCUT2D eigenvalue weighted by molar-refractivity contribution is -0.288. The summed E-state index contributed by atoms with van der Waals surface area (Å²) in [4.78, 5) is 60.2. The minimum Gasteiger partial charge on any atom is -0.463 e. The van der Waals surface area contributed by atoms with Crippen molar-refractivity contribution in [3.8, 4) is 5.75 Å². The second-order valence-electron chi connectivity index (χ2n) is 9.55. The van der Waals surface area contributed by atoms with E-state index in [0.29, 0.717) is 21.9 Å². The normalized spacial score (nSPS) is 24.9. The summed E-state index contributed by atoms with van der Waals surface area (Å²) in [5, 5.41) is 6.32. The molecule has 0 spiro atoms. The van der Waals surface area contributed by atoms with Crippen LogP contribution in [0.3, 0.4) is 0 Å². The van der Waals surface area contributed by atoms with Gasteiger partial charge in [-0.25, -0.2) is 4.79 Å². The molecular weight excluding hydrogens is 588 g/mol. The van der Waals surface area contributed by atoms with Crippen molar-refractivity contribution in [1.29, 1.82) is 0 Å². The molecule has 234 valence electrons. The van der Waals surface area contributed by atoms with Gasteiger partial charge in [-0.2, -0.15) is 0 Å². The van der Waals surface area contributed by atoms with E-state index in [4.69, 9.17) is 45.4 Å². The van der Waals surface area contributed by atoms with Gasteiger partial charge in [-0.3, -0.25) is 19.2 Å². The van der Waals surface area contributed by atoms with Crippen LogP contribution >= 0.6 is 12.2 Å². The summed E-state index contributed by atoms with van der Waals surface area (Å²) in [6.07, 6.45) is -6.62. The number of thiocarbonyl (C=S) groups is 1. The largest absolute Gasteiger partial charge is 0.463 e. The molecule has 0 aromatic heterocycles. The molecule has 1 unspecified atom stereocenters. The van der Waals surface area contributed by atoms with Gasteiger partial charge in [0.25, 0.3) is 0 Å². The molecule has 1 aromatic carbocycles. The van der Waals surface area contributed by atoms with E-state index < -0.39 is 66.6 Å². The standard InChI is InChI=1S/C28H34N2O12S/c1-7-36-26(35)21-13(2)29-28(43)30-22(21)18-8-10-19(11-9-18)41-27-25(40-17(6)34)24(39-16(5)33)23(38-15(4)32)20(42-27)12-37-14(3)31/h8-11,20,22-25,27H,7,12H2,1-6H3,(H2,29,30,43)/t20-,22?,23-,24-,25-,27-/m1/s1. The Labute approximate surface area is 253 Å². The summed E-state index contributed by atoms with van der Waals surface area (Å²) in [7, 11) is 0. The third-order valence-corrected chi connectivity index (χ3v) is 6.40. The van der Waals surface area contributed by atoms with Crippen LogP contribution in [0.1, 0.15) is 53.1 Å². The Kier molecular flexibility index (Phi) is 11.4. The lowest BCUT2D eigenvalue weighted by Gasteiger charge is -2.43. The van der Waals surface area contributed by atoms with Crippen molar-refractivity contribution in [3.63, 3.8) is 0 Å². The number of ether oxygens (including phenoxy) is 7. The second kappa shape index (κ2) is 14.8. The number of hydrogen-bond acceptors (Lipinski definition) is 13. The monoisotopic (exact) mass is 622 g/mol. The van der Waals surface area contributed by atoms with Gasteiger partial charge in [0.1, 0.15) is 18.5 Å². The van der Waals surface area contributed by atoms with Crippen LogP contribution in [0.4, 0.5) is 0 Å². The van der Waals surface area contributed by atoms with Gasteiger partial charge in [-0.05, 0) is 43.8 Å². The summed E-state index contributed by atoms with van der Waals surface area (Å²) in [5.74, 6) is -3.17. The van der Waals surface area contributed by atoms with E-state index in [9.17, 15) is 24.0 Å². The van der Waals surface area contributed by atoms with Gasteiger partial charge in [0.15, 0.2) is 17.3 Å². The zero-order chi connectivity index (χ0) is 31.8. The second-order valence-corrected chi connectivity index (χ2v) is 9.95. The minimum absolute atomic E-state index is 0.190. The van der Waals surface area contributed by atoms with Crippen LogP contribution < -0.4 is 15.4 Å². The number of nitrogens with one attached hydrogen (secondary N) is 2. The van der Waals surface area contributed by atoms with E-state index in [0.717, 1.165) is 20.8 Å². The van der Waals surface area contributed by atoms with Crippen LogP contribution in [-0.2, 0) is 52.4 Å². The highest BCUT2D eigenvalue weighted by atomic mass is 32.1. The average molecular weight is 623 g/mol. The zero-order valence-electron chi connectivity index (χ0n) is 24.5. The molecule has 0 saturated carbocycles. The van der Waals surface area contributed by atoms with Crippen LogP contribution in [-0.4, -0.2) is 78.9 Å². The first-order chi connectivity index (χ1) is 20.3. The summed E-state index contributed by atoms with van der Waals surface area (Å²) in [6, 6.07) is 5.90. The molecule has 43 heavy (non-hydrogen) atoms. The maximum absolute atomic E-state index is 12.7. The molecule has 3 rings (SSSR count). The van der Waals surface area contributed by atoms with Crippen molar-refractivity contribution in [2.75, 3.05) is 13.2 Å². The Bertz CT molecular complexity index is 1280. The molecule has 0 amide bonds. The van der Waals surface area contributed by atoms with E-state index >= 15 is 0 Å². The van der Waals surface area contributed by atoms with Gasteiger partial charge in [0.2, 0.25) is 12.4 Å². The molecule has 1 aromatic rings. The van der Waals surface area contributed by atoms with Crippen LogP contribution in [0.2, 0.25) is 0 Å². The van der Waals surface area contributed by atoms with Crippen molar-refractivity contribution in [2.45, 2.75) is 78.3 Å². The predicted molar refractivity (Wildman–Crippen MR) is 150 cm³/mol. The van der Waals surface area contributed by atoms with E-state index in [-0.39, 0.29) is 19.0 Å². The summed E-state index contributed by atoms with van der Waals surface area (Å²) >= 11 is 5.28. The highest BCUT2D eigenvalue weighted by molar-refractivity contribution is 7.80. The van der Waals surface area contributed by atoms with Gasteiger partial charge < -0.3 is 43.8 Å². The summed E-state index contributed by atoms with van der Waals surface area (Å²) in [6.45, 7) is 7.80.